The zero-order chi connectivity index (χ0) is 22.0. The monoisotopic (exact) mass is 438 g/mol. The molecule has 3 aromatic rings. The number of carbonyl (C=O) groups excluding carboxylic acids is 2. The quantitative estimate of drug-likeness (QED) is 0.557. The number of nitrogens with zero attached hydrogens (tertiary/aromatic N) is 1. The van der Waals surface area contributed by atoms with Crippen molar-refractivity contribution < 1.29 is 23.5 Å². The SMILES string of the molecule is COc1ccc(CN2C(=O)C(Nc3cccc(F)c3)=C(c3cccs3)C2=O)cc1OC. The minimum atomic E-state index is -0.479. The predicted octanol–water partition coefficient (Wildman–Crippen LogP) is 4.30. The molecule has 4 rings (SSSR count). The zero-order valence-electron chi connectivity index (χ0n) is 16.8. The lowest BCUT2D eigenvalue weighted by Gasteiger charge is -2.17. The topological polar surface area (TPSA) is 67.9 Å². The Morgan fingerprint density at radius 3 is 2.45 bits per heavy atom. The van der Waals surface area contributed by atoms with E-state index in [0.717, 1.165) is 4.90 Å². The van der Waals surface area contributed by atoms with Crippen LogP contribution in [-0.2, 0) is 16.1 Å². The van der Waals surface area contributed by atoms with E-state index < -0.39 is 17.6 Å². The highest BCUT2D eigenvalue weighted by molar-refractivity contribution is 7.11. The average molecular weight is 438 g/mol. The van der Waals surface area contributed by atoms with Crippen LogP contribution in [-0.4, -0.2) is 30.9 Å². The van der Waals surface area contributed by atoms with E-state index in [2.05, 4.69) is 5.32 Å². The molecule has 0 spiro atoms. The van der Waals surface area contributed by atoms with Gasteiger partial charge in [-0.2, -0.15) is 0 Å². The number of halogens is 1. The van der Waals surface area contributed by atoms with Gasteiger partial charge in [-0.05, 0) is 47.3 Å². The highest BCUT2D eigenvalue weighted by Crippen LogP contribution is 2.35. The molecule has 1 aliphatic heterocycles. The number of benzene rings is 2. The first kappa shape index (κ1) is 20.6. The van der Waals surface area contributed by atoms with Crippen LogP contribution in [0.25, 0.3) is 5.57 Å². The van der Waals surface area contributed by atoms with Crippen molar-refractivity contribution in [2.24, 2.45) is 0 Å². The summed E-state index contributed by atoms with van der Waals surface area (Å²) in [6.07, 6.45) is 0. The lowest BCUT2D eigenvalue weighted by Crippen LogP contribution is -2.32. The molecule has 0 saturated heterocycles. The van der Waals surface area contributed by atoms with Crippen molar-refractivity contribution in [2.45, 2.75) is 6.54 Å². The Labute approximate surface area is 182 Å². The third-order valence-electron chi connectivity index (χ3n) is 4.82. The summed E-state index contributed by atoms with van der Waals surface area (Å²) in [6, 6.07) is 14.5. The van der Waals surface area contributed by atoms with Gasteiger partial charge in [0.05, 0.1) is 26.3 Å². The molecule has 0 saturated carbocycles. The summed E-state index contributed by atoms with van der Waals surface area (Å²) in [5, 5.41) is 4.78. The summed E-state index contributed by atoms with van der Waals surface area (Å²) >= 11 is 1.35. The first-order valence-electron chi connectivity index (χ1n) is 9.39. The van der Waals surface area contributed by atoms with E-state index in [4.69, 9.17) is 9.47 Å². The van der Waals surface area contributed by atoms with Crippen LogP contribution in [0.2, 0.25) is 0 Å². The van der Waals surface area contributed by atoms with E-state index in [1.165, 1.54) is 43.8 Å². The van der Waals surface area contributed by atoms with E-state index in [0.29, 0.717) is 27.6 Å². The standard InChI is InChI=1S/C23H19FN2O4S/c1-29-17-9-8-14(11-18(17)30-2)13-26-22(27)20(19-7-4-10-31-19)21(23(26)28)25-16-6-3-5-15(24)12-16/h3-12,25H,13H2,1-2H3. The maximum atomic E-state index is 13.6. The fraction of sp³-hybridized carbons (Fsp3) is 0.130. The molecule has 158 valence electrons. The van der Waals surface area contributed by atoms with Crippen LogP contribution < -0.4 is 14.8 Å². The van der Waals surface area contributed by atoms with Crippen molar-refractivity contribution >= 4 is 34.4 Å². The molecule has 1 aliphatic rings. The normalized spacial score (nSPS) is 13.7. The maximum absolute atomic E-state index is 13.6. The first-order chi connectivity index (χ1) is 15.0. The lowest BCUT2D eigenvalue weighted by molar-refractivity contribution is -0.137. The number of nitrogens with one attached hydrogen (secondary N) is 1. The molecule has 0 radical (unpaired) electrons. The van der Waals surface area contributed by atoms with Gasteiger partial charge in [0.25, 0.3) is 11.8 Å². The molecule has 2 heterocycles. The number of anilines is 1. The van der Waals surface area contributed by atoms with E-state index in [9.17, 15) is 14.0 Å². The van der Waals surface area contributed by atoms with Crippen molar-refractivity contribution in [3.8, 4) is 11.5 Å². The van der Waals surface area contributed by atoms with E-state index in [1.807, 2.05) is 11.4 Å². The number of rotatable bonds is 7. The van der Waals surface area contributed by atoms with Crippen LogP contribution in [0.4, 0.5) is 10.1 Å². The number of carbonyl (C=O) groups is 2. The van der Waals surface area contributed by atoms with Gasteiger partial charge in [0.1, 0.15) is 11.5 Å². The average Bonchev–Trinajstić information content (AvgIpc) is 3.37. The molecular formula is C23H19FN2O4S. The number of methoxy groups -OCH3 is 2. The van der Waals surface area contributed by atoms with Crippen LogP contribution in [0.3, 0.4) is 0 Å². The molecule has 0 aliphatic carbocycles. The van der Waals surface area contributed by atoms with Gasteiger partial charge >= 0.3 is 0 Å². The van der Waals surface area contributed by atoms with E-state index >= 15 is 0 Å². The number of ether oxygens (including phenoxy) is 2. The molecule has 31 heavy (non-hydrogen) atoms. The van der Waals surface area contributed by atoms with E-state index in [1.54, 1.807) is 30.3 Å². The molecule has 6 nitrogen and oxygen atoms in total. The Morgan fingerprint density at radius 1 is 0.968 bits per heavy atom. The van der Waals surface area contributed by atoms with Crippen LogP contribution in [0.5, 0.6) is 11.5 Å². The summed E-state index contributed by atoms with van der Waals surface area (Å²) in [6.45, 7) is 0.0568. The summed E-state index contributed by atoms with van der Waals surface area (Å²) in [5.41, 5.74) is 1.48. The van der Waals surface area contributed by atoms with Crippen molar-refractivity contribution in [2.75, 3.05) is 19.5 Å². The molecule has 2 amide bonds. The van der Waals surface area contributed by atoms with Crippen molar-refractivity contribution in [3.63, 3.8) is 0 Å². The summed E-state index contributed by atoms with van der Waals surface area (Å²) in [4.78, 5) is 28.3. The maximum Gasteiger partial charge on any atom is 0.278 e. The minimum absolute atomic E-state index is 0.0568. The number of thiophene rings is 1. The van der Waals surface area contributed by atoms with Crippen LogP contribution in [0.15, 0.2) is 65.7 Å². The van der Waals surface area contributed by atoms with Crippen molar-refractivity contribution in [3.05, 3.63) is 81.9 Å². The smallest absolute Gasteiger partial charge is 0.278 e. The van der Waals surface area contributed by atoms with Gasteiger partial charge in [0.15, 0.2) is 11.5 Å². The highest BCUT2D eigenvalue weighted by Gasteiger charge is 2.39. The Kier molecular flexibility index (Phi) is 5.73. The van der Waals surface area contributed by atoms with Crippen LogP contribution in [0.1, 0.15) is 10.4 Å². The second kappa shape index (κ2) is 8.61. The first-order valence-corrected chi connectivity index (χ1v) is 10.3. The molecule has 2 aromatic carbocycles. The Hall–Kier alpha value is -3.65. The van der Waals surface area contributed by atoms with Gasteiger partial charge in [-0.15, -0.1) is 11.3 Å². The predicted molar refractivity (Wildman–Crippen MR) is 116 cm³/mol. The molecular weight excluding hydrogens is 419 g/mol. The molecule has 0 bridgehead atoms. The zero-order valence-corrected chi connectivity index (χ0v) is 17.7. The van der Waals surface area contributed by atoms with Crippen LogP contribution in [0, 0.1) is 5.82 Å². The second-order valence-electron chi connectivity index (χ2n) is 6.75. The minimum Gasteiger partial charge on any atom is -0.493 e. The number of imide groups is 1. The molecule has 0 fully saturated rings. The highest BCUT2D eigenvalue weighted by atomic mass is 32.1. The Balaban J connectivity index is 1.68. The largest absolute Gasteiger partial charge is 0.493 e. The molecule has 8 heteroatoms. The molecule has 1 N–H and O–H groups in total. The van der Waals surface area contributed by atoms with Gasteiger partial charge in [-0.3, -0.25) is 14.5 Å². The molecule has 1 aromatic heterocycles. The van der Waals surface area contributed by atoms with Crippen molar-refractivity contribution in [1.29, 1.82) is 0 Å². The van der Waals surface area contributed by atoms with Gasteiger partial charge < -0.3 is 14.8 Å². The molecule has 0 unspecified atom stereocenters. The number of amides is 2. The summed E-state index contributed by atoms with van der Waals surface area (Å²) in [5.74, 6) is -0.282. The fourth-order valence-electron chi connectivity index (χ4n) is 3.36. The number of hydrogen-bond acceptors (Lipinski definition) is 6. The third-order valence-corrected chi connectivity index (χ3v) is 5.71. The van der Waals surface area contributed by atoms with Gasteiger partial charge in [0.2, 0.25) is 0 Å². The second-order valence-corrected chi connectivity index (χ2v) is 7.70. The van der Waals surface area contributed by atoms with Crippen LogP contribution >= 0.6 is 11.3 Å². The lowest BCUT2D eigenvalue weighted by atomic mass is 10.1. The Bertz CT molecular complexity index is 1170. The van der Waals surface area contributed by atoms with Gasteiger partial charge in [0, 0.05) is 10.6 Å². The third kappa shape index (κ3) is 4.02. The van der Waals surface area contributed by atoms with Crippen molar-refractivity contribution in [1.82, 2.24) is 4.90 Å². The number of hydrogen-bond donors (Lipinski definition) is 1. The Morgan fingerprint density at radius 2 is 1.77 bits per heavy atom. The van der Waals surface area contributed by atoms with E-state index in [-0.39, 0.29) is 17.8 Å². The summed E-state index contributed by atoms with van der Waals surface area (Å²) in [7, 11) is 3.05. The van der Waals surface area contributed by atoms with Gasteiger partial charge in [-0.25, -0.2) is 4.39 Å². The molecule has 0 atom stereocenters. The summed E-state index contributed by atoms with van der Waals surface area (Å²) < 4.78 is 24.2. The van der Waals surface area contributed by atoms with Gasteiger partial charge in [-0.1, -0.05) is 18.2 Å². The fourth-order valence-corrected chi connectivity index (χ4v) is 4.13.